The molecule has 130 valence electrons. The van der Waals surface area contributed by atoms with Crippen LogP contribution < -0.4 is 21.1 Å². The molecule has 0 radical (unpaired) electrons. The van der Waals surface area contributed by atoms with Crippen LogP contribution in [0.15, 0.2) is 24.3 Å². The number of methoxy groups -OCH3 is 1. The van der Waals surface area contributed by atoms with Gasteiger partial charge in [0.25, 0.3) is 0 Å². The number of halogens is 1. The average molecular weight is 346 g/mol. The van der Waals surface area contributed by atoms with Crippen LogP contribution in [0.25, 0.3) is 0 Å². The summed E-state index contributed by atoms with van der Waals surface area (Å²) in [6.45, 7) is 1.39. The van der Waals surface area contributed by atoms with E-state index in [9.17, 15) is 9.59 Å². The largest absolute Gasteiger partial charge is 0.497 e. The molecule has 0 saturated carbocycles. The van der Waals surface area contributed by atoms with E-state index in [1.165, 1.54) is 0 Å². The monoisotopic (exact) mass is 345 g/mol. The number of ether oxygens (including phenoxy) is 2. The van der Waals surface area contributed by atoms with Gasteiger partial charge in [0.1, 0.15) is 5.75 Å². The molecule has 0 saturated heterocycles. The Morgan fingerprint density at radius 2 is 1.83 bits per heavy atom. The van der Waals surface area contributed by atoms with E-state index in [4.69, 9.17) is 15.2 Å². The van der Waals surface area contributed by atoms with E-state index >= 15 is 0 Å². The highest BCUT2D eigenvalue weighted by Gasteiger charge is 2.02. The molecule has 0 aliphatic carbocycles. The Bertz CT molecular complexity index is 468. The highest BCUT2D eigenvalue weighted by molar-refractivity contribution is 5.85. The topological polar surface area (TPSA) is 103 Å². The van der Waals surface area contributed by atoms with Gasteiger partial charge in [0.2, 0.25) is 11.8 Å². The minimum absolute atomic E-state index is 0. The number of benzene rings is 1. The van der Waals surface area contributed by atoms with Crippen LogP contribution in [0.5, 0.6) is 5.75 Å². The number of rotatable bonds is 10. The second kappa shape index (κ2) is 12.7. The fourth-order valence-corrected chi connectivity index (χ4v) is 1.63. The molecule has 0 unspecified atom stereocenters. The van der Waals surface area contributed by atoms with Gasteiger partial charge in [-0.1, -0.05) is 12.1 Å². The van der Waals surface area contributed by atoms with Gasteiger partial charge in [-0.25, -0.2) is 0 Å². The third-order valence-corrected chi connectivity index (χ3v) is 2.85. The summed E-state index contributed by atoms with van der Waals surface area (Å²) < 4.78 is 10.6. The highest BCUT2D eigenvalue weighted by atomic mass is 35.5. The lowest BCUT2D eigenvalue weighted by molar-refractivity contribution is -0.125. The summed E-state index contributed by atoms with van der Waals surface area (Å²) in [6.07, 6.45) is 0.701. The number of carbonyl (C=O) groups is 2. The smallest absolute Gasteiger partial charge is 0.239 e. The lowest BCUT2D eigenvalue weighted by Crippen LogP contribution is -2.39. The SMILES string of the molecule is COc1ccc(COCCCNC(=O)CNC(=O)CN)cc1.Cl. The van der Waals surface area contributed by atoms with Crippen LogP contribution in [-0.2, 0) is 20.9 Å². The van der Waals surface area contributed by atoms with Crippen LogP contribution in [0, 0.1) is 0 Å². The first-order valence-electron chi connectivity index (χ1n) is 7.10. The maximum atomic E-state index is 11.4. The van der Waals surface area contributed by atoms with Crippen LogP contribution >= 0.6 is 12.4 Å². The van der Waals surface area contributed by atoms with Crippen molar-refractivity contribution in [2.75, 3.05) is 33.4 Å². The van der Waals surface area contributed by atoms with Gasteiger partial charge in [0.15, 0.2) is 0 Å². The number of carbonyl (C=O) groups excluding carboxylic acids is 2. The molecule has 1 aromatic rings. The number of nitrogens with one attached hydrogen (secondary N) is 2. The maximum Gasteiger partial charge on any atom is 0.239 e. The van der Waals surface area contributed by atoms with Gasteiger partial charge >= 0.3 is 0 Å². The molecule has 0 aliphatic heterocycles. The molecule has 0 aromatic heterocycles. The first-order chi connectivity index (χ1) is 10.7. The summed E-state index contributed by atoms with van der Waals surface area (Å²) in [6, 6.07) is 7.66. The lowest BCUT2D eigenvalue weighted by Gasteiger charge is -2.07. The summed E-state index contributed by atoms with van der Waals surface area (Å²) in [5.74, 6) is 0.225. The van der Waals surface area contributed by atoms with Gasteiger partial charge in [0, 0.05) is 13.2 Å². The molecule has 2 amide bonds. The second-order valence-corrected chi connectivity index (χ2v) is 4.59. The van der Waals surface area contributed by atoms with E-state index in [1.54, 1.807) is 7.11 Å². The molecule has 1 rings (SSSR count). The van der Waals surface area contributed by atoms with Crippen LogP contribution in [0.2, 0.25) is 0 Å². The average Bonchev–Trinajstić information content (AvgIpc) is 2.56. The Morgan fingerprint density at radius 3 is 2.43 bits per heavy atom. The van der Waals surface area contributed by atoms with Gasteiger partial charge in [-0.2, -0.15) is 0 Å². The van der Waals surface area contributed by atoms with Gasteiger partial charge in [-0.3, -0.25) is 9.59 Å². The van der Waals surface area contributed by atoms with Gasteiger partial charge in [0.05, 0.1) is 26.8 Å². The molecule has 8 heteroatoms. The van der Waals surface area contributed by atoms with Crippen molar-refractivity contribution in [2.45, 2.75) is 13.0 Å². The standard InChI is InChI=1S/C15H23N3O4.ClH/c1-21-13-5-3-12(4-6-13)11-22-8-2-7-17-15(20)10-18-14(19)9-16;/h3-6H,2,7-11,16H2,1H3,(H,17,20)(H,18,19);1H. The number of hydrogen-bond donors (Lipinski definition) is 3. The molecule has 0 atom stereocenters. The Kier molecular flexibility index (Phi) is 11.7. The molecule has 0 bridgehead atoms. The highest BCUT2D eigenvalue weighted by Crippen LogP contribution is 2.11. The summed E-state index contributed by atoms with van der Waals surface area (Å²) in [7, 11) is 1.63. The quantitative estimate of drug-likeness (QED) is 0.526. The van der Waals surface area contributed by atoms with E-state index in [0.717, 1.165) is 11.3 Å². The molecule has 0 spiro atoms. The van der Waals surface area contributed by atoms with Crippen molar-refractivity contribution in [1.29, 1.82) is 0 Å². The molecule has 7 nitrogen and oxygen atoms in total. The first kappa shape index (κ1) is 21.2. The molecular weight excluding hydrogens is 322 g/mol. The molecule has 0 heterocycles. The van der Waals surface area contributed by atoms with Crippen molar-refractivity contribution in [1.82, 2.24) is 10.6 Å². The molecule has 0 aliphatic rings. The van der Waals surface area contributed by atoms with Crippen LogP contribution in [0.1, 0.15) is 12.0 Å². The van der Waals surface area contributed by atoms with E-state index < -0.39 is 0 Å². The zero-order chi connectivity index (χ0) is 16.2. The molecular formula is C15H24ClN3O4. The van der Waals surface area contributed by atoms with Gasteiger partial charge < -0.3 is 25.8 Å². The fraction of sp³-hybridized carbons (Fsp3) is 0.467. The Hall–Kier alpha value is -1.83. The summed E-state index contributed by atoms with van der Waals surface area (Å²) >= 11 is 0. The second-order valence-electron chi connectivity index (χ2n) is 4.59. The van der Waals surface area contributed by atoms with Crippen LogP contribution in [-0.4, -0.2) is 45.2 Å². The van der Waals surface area contributed by atoms with E-state index in [1.807, 2.05) is 24.3 Å². The normalized spacial score (nSPS) is 9.65. The lowest BCUT2D eigenvalue weighted by atomic mass is 10.2. The summed E-state index contributed by atoms with van der Waals surface area (Å²) in [4.78, 5) is 22.2. The van der Waals surface area contributed by atoms with Crippen molar-refractivity contribution in [3.8, 4) is 5.75 Å². The van der Waals surface area contributed by atoms with E-state index in [0.29, 0.717) is 26.2 Å². The van der Waals surface area contributed by atoms with Crippen molar-refractivity contribution < 1.29 is 19.1 Å². The number of amides is 2. The summed E-state index contributed by atoms with van der Waals surface area (Å²) in [5, 5.41) is 5.08. The number of nitrogens with two attached hydrogens (primary N) is 1. The van der Waals surface area contributed by atoms with Crippen LogP contribution in [0.4, 0.5) is 0 Å². The zero-order valence-corrected chi connectivity index (χ0v) is 14.0. The van der Waals surface area contributed by atoms with Crippen molar-refractivity contribution in [2.24, 2.45) is 5.73 Å². The molecule has 4 N–H and O–H groups in total. The van der Waals surface area contributed by atoms with Gasteiger partial charge in [-0.15, -0.1) is 12.4 Å². The predicted octanol–water partition coefficient (Wildman–Crippen LogP) is 0.215. The molecule has 0 fully saturated rings. The minimum atomic E-state index is -0.349. The number of hydrogen-bond acceptors (Lipinski definition) is 5. The zero-order valence-electron chi connectivity index (χ0n) is 13.2. The van der Waals surface area contributed by atoms with Crippen molar-refractivity contribution >= 4 is 24.2 Å². The Balaban J connectivity index is 0.00000484. The van der Waals surface area contributed by atoms with Crippen molar-refractivity contribution in [3.63, 3.8) is 0 Å². The minimum Gasteiger partial charge on any atom is -0.497 e. The van der Waals surface area contributed by atoms with E-state index in [-0.39, 0.29) is 37.3 Å². The maximum absolute atomic E-state index is 11.4. The molecule has 1 aromatic carbocycles. The predicted molar refractivity (Wildman–Crippen MR) is 89.6 cm³/mol. The van der Waals surface area contributed by atoms with Gasteiger partial charge in [-0.05, 0) is 24.1 Å². The molecule has 23 heavy (non-hydrogen) atoms. The van der Waals surface area contributed by atoms with E-state index in [2.05, 4.69) is 10.6 Å². The van der Waals surface area contributed by atoms with Crippen LogP contribution in [0.3, 0.4) is 0 Å². The Labute approximate surface area is 142 Å². The third-order valence-electron chi connectivity index (χ3n) is 2.85. The first-order valence-corrected chi connectivity index (χ1v) is 7.10. The Morgan fingerprint density at radius 1 is 1.13 bits per heavy atom. The fourth-order valence-electron chi connectivity index (χ4n) is 1.63. The van der Waals surface area contributed by atoms with Crippen molar-refractivity contribution in [3.05, 3.63) is 29.8 Å². The summed E-state index contributed by atoms with van der Waals surface area (Å²) in [5.41, 5.74) is 6.17. The third kappa shape index (κ3) is 9.72.